The van der Waals surface area contributed by atoms with E-state index >= 15 is 0 Å². The van der Waals surface area contributed by atoms with Crippen LogP contribution < -0.4 is 5.43 Å². The first-order valence-electron chi connectivity index (χ1n) is 7.37. The largest absolute Gasteiger partial charge is 0.504 e. The van der Waals surface area contributed by atoms with Gasteiger partial charge in [0.25, 0.3) is 5.91 Å². The molecule has 0 fully saturated rings. The Bertz CT molecular complexity index is 976. The fourth-order valence-corrected chi connectivity index (χ4v) is 2.00. The Morgan fingerprint density at radius 2 is 1.92 bits per heavy atom. The number of rotatable bonds is 4. The van der Waals surface area contributed by atoms with E-state index < -0.39 is 11.8 Å². The normalized spacial score (nSPS) is 10.8. The van der Waals surface area contributed by atoms with Gasteiger partial charge in [-0.3, -0.25) is 9.78 Å². The van der Waals surface area contributed by atoms with E-state index in [0.717, 1.165) is 0 Å². The molecule has 9 nitrogen and oxygen atoms in total. The van der Waals surface area contributed by atoms with Gasteiger partial charge in [-0.15, -0.1) is 0 Å². The highest BCUT2D eigenvalue weighted by Crippen LogP contribution is 2.24. The number of aromatic hydroxyl groups is 3. The van der Waals surface area contributed by atoms with Crippen LogP contribution in [-0.4, -0.2) is 42.4 Å². The zero-order chi connectivity index (χ0) is 18.5. The molecule has 4 N–H and O–H groups in total. The van der Waals surface area contributed by atoms with Crippen LogP contribution in [0.15, 0.2) is 53.9 Å². The molecule has 0 aliphatic carbocycles. The molecule has 0 unspecified atom stereocenters. The smallest absolute Gasteiger partial charge is 0.278 e. The minimum absolute atomic E-state index is 0.157. The van der Waals surface area contributed by atoms with Crippen molar-refractivity contribution in [3.8, 4) is 28.9 Å². The minimum Gasteiger partial charge on any atom is -0.504 e. The number of hydrazone groups is 1. The van der Waals surface area contributed by atoms with Crippen LogP contribution in [0.5, 0.6) is 17.4 Å². The molecule has 2 aromatic heterocycles. The molecule has 130 valence electrons. The molecular weight excluding hydrogens is 338 g/mol. The number of hydrogen-bond acceptors (Lipinski definition) is 8. The summed E-state index contributed by atoms with van der Waals surface area (Å²) in [5.74, 6) is -1.61. The van der Waals surface area contributed by atoms with E-state index in [4.69, 9.17) is 0 Å². The maximum absolute atomic E-state index is 12.1. The van der Waals surface area contributed by atoms with Crippen molar-refractivity contribution in [3.05, 3.63) is 59.9 Å². The first kappa shape index (κ1) is 16.8. The second kappa shape index (κ2) is 7.26. The van der Waals surface area contributed by atoms with Crippen LogP contribution in [-0.2, 0) is 0 Å². The molecule has 0 aliphatic rings. The van der Waals surface area contributed by atoms with Crippen LogP contribution in [0.3, 0.4) is 0 Å². The van der Waals surface area contributed by atoms with Gasteiger partial charge >= 0.3 is 0 Å². The average molecular weight is 351 g/mol. The Hall–Kier alpha value is -4.01. The van der Waals surface area contributed by atoms with E-state index in [1.807, 2.05) is 0 Å². The van der Waals surface area contributed by atoms with Crippen molar-refractivity contribution in [2.24, 2.45) is 5.10 Å². The lowest BCUT2D eigenvalue weighted by Gasteiger charge is -2.04. The van der Waals surface area contributed by atoms with E-state index in [9.17, 15) is 20.1 Å². The molecule has 3 aromatic rings. The van der Waals surface area contributed by atoms with Gasteiger partial charge in [-0.1, -0.05) is 6.07 Å². The number of phenolic OH excluding ortho intramolecular Hbond substituents is 2. The van der Waals surface area contributed by atoms with Crippen molar-refractivity contribution >= 4 is 12.1 Å². The van der Waals surface area contributed by atoms with E-state index in [1.165, 1.54) is 30.6 Å². The monoisotopic (exact) mass is 351 g/mol. The lowest BCUT2D eigenvalue weighted by molar-refractivity contribution is 0.0951. The number of carbonyl (C=O) groups is 1. The first-order valence-corrected chi connectivity index (χ1v) is 7.37. The number of carbonyl (C=O) groups excluding carboxylic acids is 1. The molecule has 3 rings (SSSR count). The summed E-state index contributed by atoms with van der Waals surface area (Å²) in [6.07, 6.45) is 3.99. The van der Waals surface area contributed by atoms with Gasteiger partial charge in [0.05, 0.1) is 6.21 Å². The lowest BCUT2D eigenvalue weighted by atomic mass is 10.2. The van der Waals surface area contributed by atoms with E-state index in [2.05, 4.69) is 25.5 Å². The third-order valence-corrected chi connectivity index (χ3v) is 3.29. The number of nitrogens with zero attached hydrogens (tertiary/aromatic N) is 4. The van der Waals surface area contributed by atoms with Gasteiger partial charge in [-0.2, -0.15) is 10.1 Å². The summed E-state index contributed by atoms with van der Waals surface area (Å²) < 4.78 is 0. The van der Waals surface area contributed by atoms with Crippen LogP contribution >= 0.6 is 0 Å². The fourth-order valence-electron chi connectivity index (χ4n) is 2.00. The van der Waals surface area contributed by atoms with Gasteiger partial charge in [0, 0.05) is 12.4 Å². The molecule has 0 bridgehead atoms. The molecule has 0 aliphatic heterocycles. The summed E-state index contributed by atoms with van der Waals surface area (Å²) in [5.41, 5.74) is 2.96. The quantitative estimate of drug-likeness (QED) is 0.316. The number of nitrogens with one attached hydrogen (secondary N) is 1. The van der Waals surface area contributed by atoms with E-state index in [0.29, 0.717) is 11.3 Å². The maximum atomic E-state index is 12.1. The Kier molecular flexibility index (Phi) is 4.70. The van der Waals surface area contributed by atoms with Crippen LogP contribution in [0.4, 0.5) is 0 Å². The highest BCUT2D eigenvalue weighted by atomic mass is 16.3. The molecule has 9 heteroatoms. The maximum Gasteiger partial charge on any atom is 0.278 e. The van der Waals surface area contributed by atoms with E-state index in [-0.39, 0.29) is 22.9 Å². The third-order valence-electron chi connectivity index (χ3n) is 3.29. The summed E-state index contributed by atoms with van der Waals surface area (Å²) in [4.78, 5) is 24.0. The first-order chi connectivity index (χ1) is 12.5. The Morgan fingerprint density at radius 1 is 1.08 bits per heavy atom. The van der Waals surface area contributed by atoms with Crippen molar-refractivity contribution in [1.82, 2.24) is 20.4 Å². The zero-order valence-corrected chi connectivity index (χ0v) is 13.2. The topological polar surface area (TPSA) is 141 Å². The zero-order valence-electron chi connectivity index (χ0n) is 13.2. The molecule has 0 saturated heterocycles. The minimum atomic E-state index is -0.714. The molecule has 0 spiro atoms. The molecule has 26 heavy (non-hydrogen) atoms. The van der Waals surface area contributed by atoms with Crippen LogP contribution in [0.25, 0.3) is 11.5 Å². The Balaban J connectivity index is 1.71. The van der Waals surface area contributed by atoms with Crippen LogP contribution in [0, 0.1) is 0 Å². The number of benzene rings is 1. The standard InChI is InChI=1S/C17H13N5O4/c23-13-5-4-10(7-14(13)24)8-20-22-17(26)11-9-19-15(21-16(11)25)12-3-1-2-6-18-12/h1-9,23-24H,(H,22,26)(H,19,21,25)/b20-8+. The molecule has 1 amide bonds. The van der Waals surface area contributed by atoms with Gasteiger partial charge in [0.15, 0.2) is 17.3 Å². The molecular formula is C17H13N5O4. The van der Waals surface area contributed by atoms with Gasteiger partial charge in [-0.05, 0) is 35.9 Å². The van der Waals surface area contributed by atoms with Gasteiger partial charge < -0.3 is 15.3 Å². The summed E-state index contributed by atoms with van der Waals surface area (Å²) in [5, 5.41) is 32.3. The third kappa shape index (κ3) is 3.73. The van der Waals surface area contributed by atoms with Crippen LogP contribution in [0.2, 0.25) is 0 Å². The van der Waals surface area contributed by atoms with Crippen molar-refractivity contribution in [2.75, 3.05) is 0 Å². The summed E-state index contributed by atoms with van der Waals surface area (Å²) >= 11 is 0. The number of phenols is 2. The molecule has 0 saturated carbocycles. The number of amides is 1. The highest BCUT2D eigenvalue weighted by Gasteiger charge is 2.14. The number of aromatic nitrogens is 3. The Labute approximate surface area is 147 Å². The van der Waals surface area contributed by atoms with Crippen LogP contribution in [0.1, 0.15) is 15.9 Å². The predicted molar refractivity (Wildman–Crippen MR) is 91.8 cm³/mol. The Morgan fingerprint density at radius 3 is 2.62 bits per heavy atom. The average Bonchev–Trinajstić information content (AvgIpc) is 2.65. The SMILES string of the molecule is O=C(N/N=C/c1ccc(O)c(O)c1)c1cnc(-c2ccccn2)nc1O. The molecule has 2 heterocycles. The molecule has 1 aromatic carbocycles. The second-order valence-electron chi connectivity index (χ2n) is 5.09. The molecule has 0 radical (unpaired) electrons. The molecule has 0 atom stereocenters. The van der Waals surface area contributed by atoms with Gasteiger partial charge in [0.2, 0.25) is 5.88 Å². The van der Waals surface area contributed by atoms with Crippen molar-refractivity contribution in [3.63, 3.8) is 0 Å². The van der Waals surface area contributed by atoms with Crippen molar-refractivity contribution in [2.45, 2.75) is 0 Å². The number of hydrogen-bond donors (Lipinski definition) is 4. The second-order valence-corrected chi connectivity index (χ2v) is 5.09. The number of pyridine rings is 1. The van der Waals surface area contributed by atoms with Gasteiger partial charge in [-0.25, -0.2) is 10.4 Å². The predicted octanol–water partition coefficient (Wildman–Crippen LogP) is 1.42. The highest BCUT2D eigenvalue weighted by molar-refractivity contribution is 5.96. The van der Waals surface area contributed by atoms with E-state index in [1.54, 1.807) is 24.4 Å². The lowest BCUT2D eigenvalue weighted by Crippen LogP contribution is -2.18. The summed E-state index contributed by atoms with van der Waals surface area (Å²) in [7, 11) is 0. The van der Waals surface area contributed by atoms with Crippen molar-refractivity contribution in [1.29, 1.82) is 0 Å². The fraction of sp³-hybridized carbons (Fsp3) is 0. The summed E-state index contributed by atoms with van der Waals surface area (Å²) in [6, 6.07) is 9.21. The van der Waals surface area contributed by atoms with Crippen molar-refractivity contribution < 1.29 is 20.1 Å². The summed E-state index contributed by atoms with van der Waals surface area (Å²) in [6.45, 7) is 0. The van der Waals surface area contributed by atoms with Gasteiger partial charge in [0.1, 0.15) is 11.3 Å².